The highest BCUT2D eigenvalue weighted by Gasteiger charge is 2.11. The van der Waals surface area contributed by atoms with E-state index in [9.17, 15) is 4.79 Å². The van der Waals surface area contributed by atoms with Crippen molar-refractivity contribution < 1.29 is 9.53 Å². The normalized spacial score (nSPS) is 10.7. The second-order valence-electron chi connectivity index (χ2n) is 5.72. The first kappa shape index (κ1) is 16.6. The van der Waals surface area contributed by atoms with E-state index in [-0.39, 0.29) is 18.2 Å². The van der Waals surface area contributed by atoms with Crippen LogP contribution < -0.4 is 10.1 Å². The fourth-order valence-electron chi connectivity index (χ4n) is 2.59. The van der Waals surface area contributed by atoms with Gasteiger partial charge in [0.25, 0.3) is 5.91 Å². The molecule has 27 heavy (non-hydrogen) atoms. The van der Waals surface area contributed by atoms with E-state index in [0.29, 0.717) is 17.2 Å². The number of pyridine rings is 1. The summed E-state index contributed by atoms with van der Waals surface area (Å²) in [6, 6.07) is 16.9. The third-order valence-corrected chi connectivity index (χ3v) is 3.96. The molecule has 0 unspecified atom stereocenters. The average Bonchev–Trinajstić information content (AvgIpc) is 3.14. The smallest absolute Gasteiger partial charge is 0.269 e. The third kappa shape index (κ3) is 3.45. The van der Waals surface area contributed by atoms with E-state index in [2.05, 4.69) is 25.6 Å². The zero-order valence-corrected chi connectivity index (χ0v) is 14.5. The molecule has 3 aromatic heterocycles. The van der Waals surface area contributed by atoms with Crippen LogP contribution in [-0.4, -0.2) is 37.8 Å². The molecule has 0 aliphatic heterocycles. The Morgan fingerprint density at radius 3 is 2.78 bits per heavy atom. The van der Waals surface area contributed by atoms with Gasteiger partial charge in [0.1, 0.15) is 18.1 Å². The van der Waals surface area contributed by atoms with Gasteiger partial charge in [-0.2, -0.15) is 9.61 Å². The SMILES string of the molecule is CNC(=O)c1cc(OCc2nnc3ccc(-c4ccccc4)nn23)ccn1. The van der Waals surface area contributed by atoms with Crippen molar-refractivity contribution in [2.45, 2.75) is 6.61 Å². The molecule has 0 atom stereocenters. The fourth-order valence-corrected chi connectivity index (χ4v) is 2.59. The summed E-state index contributed by atoms with van der Waals surface area (Å²) in [6.45, 7) is 0.156. The van der Waals surface area contributed by atoms with Crippen molar-refractivity contribution in [1.82, 2.24) is 30.1 Å². The summed E-state index contributed by atoms with van der Waals surface area (Å²) in [5.74, 6) is 0.795. The molecule has 0 saturated carbocycles. The van der Waals surface area contributed by atoms with Gasteiger partial charge in [-0.15, -0.1) is 10.2 Å². The molecule has 4 rings (SSSR count). The predicted octanol–water partition coefficient (Wildman–Crippen LogP) is 2.12. The maximum absolute atomic E-state index is 11.7. The first-order chi connectivity index (χ1) is 13.2. The Bertz CT molecular complexity index is 1090. The molecule has 8 nitrogen and oxygen atoms in total. The Morgan fingerprint density at radius 1 is 1.11 bits per heavy atom. The minimum absolute atomic E-state index is 0.156. The van der Waals surface area contributed by atoms with E-state index in [0.717, 1.165) is 11.3 Å². The van der Waals surface area contributed by atoms with Crippen LogP contribution in [0.5, 0.6) is 5.75 Å². The number of aromatic nitrogens is 5. The fraction of sp³-hybridized carbons (Fsp3) is 0.105. The molecule has 8 heteroatoms. The number of carbonyl (C=O) groups is 1. The molecule has 0 bridgehead atoms. The van der Waals surface area contributed by atoms with E-state index >= 15 is 0 Å². The Balaban J connectivity index is 1.58. The predicted molar refractivity (Wildman–Crippen MR) is 98.2 cm³/mol. The number of nitrogens with one attached hydrogen (secondary N) is 1. The number of ether oxygens (including phenoxy) is 1. The Hall–Kier alpha value is -3.81. The van der Waals surface area contributed by atoms with Gasteiger partial charge in [0, 0.05) is 24.9 Å². The van der Waals surface area contributed by atoms with E-state index in [1.165, 1.54) is 6.20 Å². The molecule has 3 heterocycles. The Morgan fingerprint density at radius 2 is 1.96 bits per heavy atom. The van der Waals surface area contributed by atoms with E-state index < -0.39 is 0 Å². The lowest BCUT2D eigenvalue weighted by Crippen LogP contribution is -2.19. The number of amides is 1. The Kier molecular flexibility index (Phi) is 4.44. The highest BCUT2D eigenvalue weighted by atomic mass is 16.5. The second kappa shape index (κ2) is 7.20. The topological polar surface area (TPSA) is 94.3 Å². The van der Waals surface area contributed by atoms with Gasteiger partial charge in [-0.1, -0.05) is 30.3 Å². The van der Waals surface area contributed by atoms with Gasteiger partial charge in [0.05, 0.1) is 5.69 Å². The zero-order chi connectivity index (χ0) is 18.6. The maximum Gasteiger partial charge on any atom is 0.269 e. The van der Waals surface area contributed by atoms with Crippen LogP contribution in [0.3, 0.4) is 0 Å². The van der Waals surface area contributed by atoms with Gasteiger partial charge in [-0.05, 0) is 18.2 Å². The molecule has 0 aliphatic rings. The quantitative estimate of drug-likeness (QED) is 0.586. The van der Waals surface area contributed by atoms with Crippen LogP contribution in [-0.2, 0) is 6.61 Å². The van der Waals surface area contributed by atoms with Gasteiger partial charge in [-0.25, -0.2) is 0 Å². The van der Waals surface area contributed by atoms with Crippen LogP contribution in [0.2, 0.25) is 0 Å². The summed E-state index contributed by atoms with van der Waals surface area (Å²) >= 11 is 0. The summed E-state index contributed by atoms with van der Waals surface area (Å²) in [7, 11) is 1.55. The van der Waals surface area contributed by atoms with Crippen molar-refractivity contribution in [2.75, 3.05) is 7.05 Å². The van der Waals surface area contributed by atoms with Crippen LogP contribution in [0, 0.1) is 0 Å². The molecule has 0 saturated heterocycles. The van der Waals surface area contributed by atoms with Gasteiger partial charge < -0.3 is 10.1 Å². The zero-order valence-electron chi connectivity index (χ0n) is 14.5. The molecule has 0 radical (unpaired) electrons. The third-order valence-electron chi connectivity index (χ3n) is 3.96. The lowest BCUT2D eigenvalue weighted by Gasteiger charge is -2.07. The highest BCUT2D eigenvalue weighted by Crippen LogP contribution is 2.18. The molecular weight excluding hydrogens is 344 g/mol. The summed E-state index contributed by atoms with van der Waals surface area (Å²) in [5.41, 5.74) is 2.74. The molecule has 1 amide bonds. The van der Waals surface area contributed by atoms with Crippen LogP contribution in [0.15, 0.2) is 60.8 Å². The molecule has 4 aromatic rings. The van der Waals surface area contributed by atoms with E-state index in [1.807, 2.05) is 42.5 Å². The van der Waals surface area contributed by atoms with Crippen molar-refractivity contribution >= 4 is 11.6 Å². The number of fused-ring (bicyclic) bond motifs is 1. The number of hydrogen-bond acceptors (Lipinski definition) is 6. The minimum Gasteiger partial charge on any atom is -0.485 e. The molecular formula is C19H16N6O2. The number of nitrogens with zero attached hydrogens (tertiary/aromatic N) is 5. The van der Waals surface area contributed by atoms with E-state index in [1.54, 1.807) is 23.7 Å². The van der Waals surface area contributed by atoms with Crippen LogP contribution in [0.4, 0.5) is 0 Å². The van der Waals surface area contributed by atoms with Gasteiger partial charge in [-0.3, -0.25) is 9.78 Å². The van der Waals surface area contributed by atoms with Gasteiger partial charge in [0.15, 0.2) is 11.5 Å². The standard InChI is InChI=1S/C19H16N6O2/c1-20-19(26)16-11-14(9-10-21-16)27-12-18-23-22-17-8-7-15(24-25(17)18)13-5-3-2-4-6-13/h2-11H,12H2,1H3,(H,20,26). The first-order valence-electron chi connectivity index (χ1n) is 8.32. The molecule has 0 fully saturated rings. The lowest BCUT2D eigenvalue weighted by atomic mass is 10.1. The monoisotopic (exact) mass is 360 g/mol. The maximum atomic E-state index is 11.7. The van der Waals surface area contributed by atoms with Crippen molar-refractivity contribution in [3.63, 3.8) is 0 Å². The Labute approximate surface area is 154 Å². The van der Waals surface area contributed by atoms with Crippen molar-refractivity contribution in [1.29, 1.82) is 0 Å². The van der Waals surface area contributed by atoms with Crippen molar-refractivity contribution in [3.05, 3.63) is 72.3 Å². The highest BCUT2D eigenvalue weighted by molar-refractivity contribution is 5.92. The largest absolute Gasteiger partial charge is 0.485 e. The molecule has 0 aliphatic carbocycles. The van der Waals surface area contributed by atoms with Crippen molar-refractivity contribution in [3.8, 4) is 17.0 Å². The van der Waals surface area contributed by atoms with Crippen LogP contribution in [0.25, 0.3) is 16.9 Å². The van der Waals surface area contributed by atoms with Gasteiger partial charge >= 0.3 is 0 Å². The first-order valence-corrected chi connectivity index (χ1v) is 8.32. The number of hydrogen-bond donors (Lipinski definition) is 1. The number of rotatable bonds is 5. The summed E-state index contributed by atoms with van der Waals surface area (Å²) in [5, 5.41) is 15.4. The molecule has 0 spiro atoms. The lowest BCUT2D eigenvalue weighted by molar-refractivity contribution is 0.0957. The molecule has 1 N–H and O–H groups in total. The molecule has 134 valence electrons. The van der Waals surface area contributed by atoms with Crippen LogP contribution >= 0.6 is 0 Å². The summed E-state index contributed by atoms with van der Waals surface area (Å²) < 4.78 is 7.41. The summed E-state index contributed by atoms with van der Waals surface area (Å²) in [4.78, 5) is 15.7. The van der Waals surface area contributed by atoms with E-state index in [4.69, 9.17) is 4.74 Å². The second-order valence-corrected chi connectivity index (χ2v) is 5.72. The average molecular weight is 360 g/mol. The number of benzene rings is 1. The molecule has 1 aromatic carbocycles. The summed E-state index contributed by atoms with van der Waals surface area (Å²) in [6.07, 6.45) is 1.52. The van der Waals surface area contributed by atoms with Crippen LogP contribution in [0.1, 0.15) is 16.3 Å². The van der Waals surface area contributed by atoms with Gasteiger partial charge in [0.2, 0.25) is 0 Å². The number of carbonyl (C=O) groups excluding carboxylic acids is 1. The van der Waals surface area contributed by atoms with Crippen molar-refractivity contribution in [2.24, 2.45) is 0 Å². The minimum atomic E-state index is -0.275.